The minimum atomic E-state index is -0.267. The number of nitrogens with zero attached hydrogens (tertiary/aromatic N) is 5. The molecule has 2 amide bonds. The summed E-state index contributed by atoms with van der Waals surface area (Å²) in [6, 6.07) is 7.47. The van der Waals surface area contributed by atoms with Gasteiger partial charge in [0.05, 0.1) is 23.3 Å². The molecule has 0 aliphatic carbocycles. The molecule has 0 fully saturated rings. The Morgan fingerprint density at radius 2 is 2.19 bits per heavy atom. The number of hydrogen-bond donors (Lipinski definition) is 2. The summed E-state index contributed by atoms with van der Waals surface area (Å²) in [5.41, 5.74) is 4.15. The van der Waals surface area contributed by atoms with Gasteiger partial charge in [0, 0.05) is 37.8 Å². The van der Waals surface area contributed by atoms with E-state index in [0.29, 0.717) is 18.7 Å². The number of urea groups is 1. The molecule has 26 heavy (non-hydrogen) atoms. The summed E-state index contributed by atoms with van der Waals surface area (Å²) in [5, 5.41) is 10.9. The monoisotopic (exact) mass is 349 g/mol. The Morgan fingerprint density at radius 3 is 3.04 bits per heavy atom. The molecule has 4 aromatic heterocycles. The normalized spacial score (nSPS) is 11.2. The van der Waals surface area contributed by atoms with Gasteiger partial charge in [0.15, 0.2) is 5.65 Å². The fourth-order valence-electron chi connectivity index (χ4n) is 2.96. The number of carbonyl (C=O) groups excluding carboxylic acids is 1. The van der Waals surface area contributed by atoms with Crippen LogP contribution in [0.25, 0.3) is 16.7 Å². The zero-order chi connectivity index (χ0) is 18.1. The first-order valence-electron chi connectivity index (χ1n) is 8.37. The van der Waals surface area contributed by atoms with Crippen LogP contribution in [-0.4, -0.2) is 36.7 Å². The Kier molecular flexibility index (Phi) is 4.00. The summed E-state index contributed by atoms with van der Waals surface area (Å²) in [5.74, 6) is 0. The standard InChI is InChI=1S/C18H19N7O/c1-12-15-9-14(10-20-17(15)24(2)23-12)22-18(26)19-7-6-13-11-25-8-4-3-5-16(25)21-13/h3-5,8-11H,6-7H2,1-2H3,(H2,19,22,26). The van der Waals surface area contributed by atoms with Crippen LogP contribution in [-0.2, 0) is 13.5 Å². The summed E-state index contributed by atoms with van der Waals surface area (Å²) in [6.07, 6.45) is 6.22. The highest BCUT2D eigenvalue weighted by molar-refractivity contribution is 5.92. The first kappa shape index (κ1) is 16.1. The number of nitrogens with one attached hydrogen (secondary N) is 2. The van der Waals surface area contributed by atoms with Gasteiger partial charge in [0.2, 0.25) is 0 Å². The molecule has 4 heterocycles. The Balaban J connectivity index is 1.35. The highest BCUT2D eigenvalue weighted by atomic mass is 16.2. The lowest BCUT2D eigenvalue weighted by Gasteiger charge is -2.07. The summed E-state index contributed by atoms with van der Waals surface area (Å²) < 4.78 is 3.69. The predicted octanol–water partition coefficient (Wildman–Crippen LogP) is 2.29. The molecule has 4 aromatic rings. The van der Waals surface area contributed by atoms with Gasteiger partial charge in [0.1, 0.15) is 5.65 Å². The first-order chi connectivity index (χ1) is 12.6. The SMILES string of the molecule is Cc1nn(C)c2ncc(NC(=O)NCCc3cn4ccccc4n3)cc12. The van der Waals surface area contributed by atoms with E-state index < -0.39 is 0 Å². The predicted molar refractivity (Wildman–Crippen MR) is 99.2 cm³/mol. The number of carbonyl (C=O) groups is 1. The van der Waals surface area contributed by atoms with Crippen molar-refractivity contribution in [3.05, 3.63) is 54.2 Å². The molecule has 4 rings (SSSR count). The van der Waals surface area contributed by atoms with Crippen molar-refractivity contribution in [2.24, 2.45) is 7.05 Å². The van der Waals surface area contributed by atoms with Crippen LogP contribution in [0.2, 0.25) is 0 Å². The zero-order valence-electron chi connectivity index (χ0n) is 14.6. The van der Waals surface area contributed by atoms with Gasteiger partial charge in [-0.05, 0) is 25.1 Å². The average Bonchev–Trinajstić information content (AvgIpc) is 3.15. The number of fused-ring (bicyclic) bond motifs is 2. The van der Waals surface area contributed by atoms with Crippen LogP contribution in [0.15, 0.2) is 42.9 Å². The van der Waals surface area contributed by atoms with E-state index in [4.69, 9.17) is 0 Å². The first-order valence-corrected chi connectivity index (χ1v) is 8.37. The van der Waals surface area contributed by atoms with Crippen molar-refractivity contribution in [1.29, 1.82) is 0 Å². The molecule has 0 saturated heterocycles. The smallest absolute Gasteiger partial charge is 0.319 e. The van der Waals surface area contributed by atoms with E-state index in [0.717, 1.165) is 28.1 Å². The van der Waals surface area contributed by atoms with Crippen molar-refractivity contribution < 1.29 is 4.79 Å². The Morgan fingerprint density at radius 1 is 1.31 bits per heavy atom. The van der Waals surface area contributed by atoms with Crippen molar-refractivity contribution in [2.45, 2.75) is 13.3 Å². The van der Waals surface area contributed by atoms with Crippen LogP contribution in [0.4, 0.5) is 10.5 Å². The molecule has 0 spiro atoms. The maximum absolute atomic E-state index is 12.1. The minimum Gasteiger partial charge on any atom is -0.337 e. The van der Waals surface area contributed by atoms with Gasteiger partial charge in [-0.3, -0.25) is 4.68 Å². The molecule has 0 aromatic carbocycles. The van der Waals surface area contributed by atoms with Gasteiger partial charge in [-0.1, -0.05) is 6.07 Å². The third-order valence-corrected chi connectivity index (χ3v) is 4.20. The lowest BCUT2D eigenvalue weighted by atomic mass is 10.2. The third kappa shape index (κ3) is 3.08. The van der Waals surface area contributed by atoms with E-state index in [1.165, 1.54) is 0 Å². The Labute approximate surface area is 149 Å². The number of rotatable bonds is 4. The van der Waals surface area contributed by atoms with Gasteiger partial charge >= 0.3 is 6.03 Å². The fraction of sp³-hybridized carbons (Fsp3) is 0.222. The molecule has 132 valence electrons. The second-order valence-electron chi connectivity index (χ2n) is 6.13. The van der Waals surface area contributed by atoms with Crippen LogP contribution >= 0.6 is 0 Å². The van der Waals surface area contributed by atoms with Crippen molar-refractivity contribution in [3.63, 3.8) is 0 Å². The van der Waals surface area contributed by atoms with Crippen LogP contribution in [0, 0.1) is 6.92 Å². The molecule has 2 N–H and O–H groups in total. The Hall–Kier alpha value is -3.42. The van der Waals surface area contributed by atoms with Gasteiger partial charge in [0.25, 0.3) is 0 Å². The highest BCUT2D eigenvalue weighted by Crippen LogP contribution is 2.19. The van der Waals surface area contributed by atoms with Crippen LogP contribution in [0.5, 0.6) is 0 Å². The lowest BCUT2D eigenvalue weighted by Crippen LogP contribution is -2.30. The van der Waals surface area contributed by atoms with E-state index in [1.54, 1.807) is 10.9 Å². The second-order valence-corrected chi connectivity index (χ2v) is 6.13. The van der Waals surface area contributed by atoms with Crippen LogP contribution < -0.4 is 10.6 Å². The van der Waals surface area contributed by atoms with Crippen molar-refractivity contribution in [3.8, 4) is 0 Å². The zero-order valence-corrected chi connectivity index (χ0v) is 14.6. The molecule has 0 unspecified atom stereocenters. The fourth-order valence-corrected chi connectivity index (χ4v) is 2.96. The molecule has 0 atom stereocenters. The summed E-state index contributed by atoms with van der Waals surface area (Å²) in [6.45, 7) is 2.42. The molecule has 0 aliphatic heterocycles. The number of imidazole rings is 1. The van der Waals surface area contributed by atoms with E-state index in [2.05, 4.69) is 25.7 Å². The quantitative estimate of drug-likeness (QED) is 0.591. The number of aryl methyl sites for hydroxylation is 2. The van der Waals surface area contributed by atoms with Gasteiger partial charge in [-0.15, -0.1) is 0 Å². The van der Waals surface area contributed by atoms with Crippen molar-refractivity contribution >= 4 is 28.4 Å². The minimum absolute atomic E-state index is 0.267. The third-order valence-electron chi connectivity index (χ3n) is 4.20. The maximum Gasteiger partial charge on any atom is 0.319 e. The largest absolute Gasteiger partial charge is 0.337 e. The van der Waals surface area contributed by atoms with E-state index in [9.17, 15) is 4.79 Å². The topological polar surface area (TPSA) is 89.1 Å². The number of anilines is 1. The summed E-state index contributed by atoms with van der Waals surface area (Å²) in [7, 11) is 1.85. The maximum atomic E-state index is 12.1. The number of amides is 2. The Bertz CT molecular complexity index is 1060. The van der Waals surface area contributed by atoms with Crippen LogP contribution in [0.1, 0.15) is 11.4 Å². The van der Waals surface area contributed by atoms with Gasteiger partial charge in [-0.25, -0.2) is 14.8 Å². The number of aromatic nitrogens is 5. The average molecular weight is 349 g/mol. The van der Waals surface area contributed by atoms with Crippen molar-refractivity contribution in [1.82, 2.24) is 29.5 Å². The second kappa shape index (κ2) is 6.47. The molecule has 0 aliphatic rings. The molecule has 0 radical (unpaired) electrons. The molecule has 0 saturated carbocycles. The number of hydrogen-bond acceptors (Lipinski definition) is 4. The molecular weight excluding hydrogens is 330 g/mol. The van der Waals surface area contributed by atoms with E-state index in [1.807, 2.05) is 55.0 Å². The van der Waals surface area contributed by atoms with Crippen LogP contribution in [0.3, 0.4) is 0 Å². The van der Waals surface area contributed by atoms with Crippen molar-refractivity contribution in [2.75, 3.05) is 11.9 Å². The van der Waals surface area contributed by atoms with E-state index >= 15 is 0 Å². The number of pyridine rings is 2. The lowest BCUT2D eigenvalue weighted by molar-refractivity contribution is 0.252. The van der Waals surface area contributed by atoms with E-state index in [-0.39, 0.29) is 6.03 Å². The van der Waals surface area contributed by atoms with Gasteiger partial charge in [-0.2, -0.15) is 5.10 Å². The summed E-state index contributed by atoms with van der Waals surface area (Å²) in [4.78, 5) is 21.0. The van der Waals surface area contributed by atoms with Gasteiger partial charge < -0.3 is 15.0 Å². The summed E-state index contributed by atoms with van der Waals surface area (Å²) >= 11 is 0. The molecular formula is C18H19N7O. The molecule has 8 heteroatoms. The molecule has 0 bridgehead atoms. The highest BCUT2D eigenvalue weighted by Gasteiger charge is 2.09. The molecule has 8 nitrogen and oxygen atoms in total.